The fraction of sp³-hybridized carbons (Fsp3) is 0.647. The highest BCUT2D eigenvalue weighted by atomic mass is 16.2. The number of hydrazine groups is 1. The summed E-state index contributed by atoms with van der Waals surface area (Å²) in [5.74, 6) is -1.12. The lowest BCUT2D eigenvalue weighted by Gasteiger charge is -2.41. The van der Waals surface area contributed by atoms with Crippen molar-refractivity contribution in [3.8, 4) is 0 Å². The second-order valence-corrected chi connectivity index (χ2v) is 6.45. The van der Waals surface area contributed by atoms with Gasteiger partial charge in [-0.2, -0.15) is 0 Å². The van der Waals surface area contributed by atoms with Gasteiger partial charge in [-0.3, -0.25) is 24.2 Å². The first kappa shape index (κ1) is 22.3. The van der Waals surface area contributed by atoms with Gasteiger partial charge in [0.1, 0.15) is 18.6 Å². The fourth-order valence-corrected chi connectivity index (χ4v) is 2.90. The number of aldehydes is 2. The van der Waals surface area contributed by atoms with E-state index in [-0.39, 0.29) is 30.7 Å². The molecule has 0 saturated carbocycles. The minimum absolute atomic E-state index is 0.0994. The van der Waals surface area contributed by atoms with Crippen LogP contribution in [-0.2, 0) is 28.8 Å². The van der Waals surface area contributed by atoms with Crippen molar-refractivity contribution in [2.75, 3.05) is 6.54 Å². The van der Waals surface area contributed by atoms with E-state index in [1.54, 1.807) is 6.92 Å². The Morgan fingerprint density at radius 1 is 1.19 bits per heavy atom. The molecule has 0 radical (unpaired) electrons. The maximum Gasteiger partial charge on any atom is 0.245 e. The topological polar surface area (TPSA) is 133 Å². The zero-order valence-electron chi connectivity index (χ0n) is 15.6. The average molecular weight is 382 g/mol. The Bertz CT molecular complexity index is 582. The summed E-state index contributed by atoms with van der Waals surface area (Å²) >= 11 is 0. The standard InChI is InChI=1S/C17H26N4O6/c1-12(18-13(2)25)5-6-16(26)20-8-3-4-15(21(20)11-24)17(27)19-14(10-23)7-9-22/h9-12,14-15H,3-8H2,1-2H3,(H,18,25)(H,19,27)/t12-,14+,15+/m1/s1. The lowest BCUT2D eigenvalue weighted by atomic mass is 10.1. The maximum absolute atomic E-state index is 12.5. The van der Waals surface area contributed by atoms with Crippen molar-refractivity contribution in [2.24, 2.45) is 0 Å². The van der Waals surface area contributed by atoms with Crippen LogP contribution in [0.2, 0.25) is 0 Å². The quantitative estimate of drug-likeness (QED) is 0.462. The van der Waals surface area contributed by atoms with Crippen molar-refractivity contribution in [3.63, 3.8) is 0 Å². The zero-order chi connectivity index (χ0) is 20.4. The van der Waals surface area contributed by atoms with Crippen LogP contribution in [0, 0.1) is 0 Å². The molecule has 4 amide bonds. The number of nitrogens with one attached hydrogen (secondary N) is 2. The third-order valence-electron chi connectivity index (χ3n) is 4.23. The molecule has 1 fully saturated rings. The second-order valence-electron chi connectivity index (χ2n) is 6.45. The minimum Gasteiger partial charge on any atom is -0.354 e. The van der Waals surface area contributed by atoms with Crippen molar-refractivity contribution in [1.82, 2.24) is 20.7 Å². The van der Waals surface area contributed by atoms with E-state index in [9.17, 15) is 28.8 Å². The molecule has 1 rings (SSSR count). The van der Waals surface area contributed by atoms with Gasteiger partial charge in [0.05, 0.1) is 6.04 Å². The third-order valence-corrected chi connectivity index (χ3v) is 4.23. The summed E-state index contributed by atoms with van der Waals surface area (Å²) in [6, 6.07) is -2.09. The molecule has 1 heterocycles. The molecule has 0 bridgehead atoms. The van der Waals surface area contributed by atoms with Crippen LogP contribution in [0.4, 0.5) is 0 Å². The molecule has 10 heteroatoms. The van der Waals surface area contributed by atoms with Gasteiger partial charge in [-0.1, -0.05) is 0 Å². The Labute approximate surface area is 157 Å². The Kier molecular flexibility index (Phi) is 9.11. The first-order chi connectivity index (χ1) is 12.8. The predicted octanol–water partition coefficient (Wildman–Crippen LogP) is -1.07. The molecular weight excluding hydrogens is 356 g/mol. The third kappa shape index (κ3) is 6.80. The fourth-order valence-electron chi connectivity index (χ4n) is 2.90. The van der Waals surface area contributed by atoms with Crippen LogP contribution in [-0.4, -0.2) is 71.4 Å². The molecule has 1 aliphatic heterocycles. The Balaban J connectivity index is 2.73. The lowest BCUT2D eigenvalue weighted by Crippen LogP contribution is -2.60. The van der Waals surface area contributed by atoms with E-state index in [1.807, 2.05) is 0 Å². The van der Waals surface area contributed by atoms with Crippen molar-refractivity contribution in [2.45, 2.75) is 64.1 Å². The van der Waals surface area contributed by atoms with E-state index in [0.717, 1.165) is 5.01 Å². The molecule has 27 heavy (non-hydrogen) atoms. The highest BCUT2D eigenvalue weighted by Crippen LogP contribution is 2.19. The summed E-state index contributed by atoms with van der Waals surface area (Å²) in [4.78, 5) is 68.9. The summed E-state index contributed by atoms with van der Waals surface area (Å²) in [6.45, 7) is 3.45. The molecule has 150 valence electrons. The van der Waals surface area contributed by atoms with Crippen LogP contribution >= 0.6 is 0 Å². The van der Waals surface area contributed by atoms with Gasteiger partial charge in [0, 0.05) is 32.4 Å². The Hall–Kier alpha value is -2.78. The van der Waals surface area contributed by atoms with Crippen LogP contribution in [0.25, 0.3) is 0 Å². The highest BCUT2D eigenvalue weighted by Gasteiger charge is 2.36. The van der Waals surface area contributed by atoms with Gasteiger partial charge in [-0.05, 0) is 26.2 Å². The molecule has 1 saturated heterocycles. The number of nitrogens with zero attached hydrogens (tertiary/aromatic N) is 2. The van der Waals surface area contributed by atoms with E-state index >= 15 is 0 Å². The number of hydrogen-bond donors (Lipinski definition) is 2. The Morgan fingerprint density at radius 3 is 2.44 bits per heavy atom. The summed E-state index contributed by atoms with van der Waals surface area (Å²) in [7, 11) is 0. The van der Waals surface area contributed by atoms with Gasteiger partial charge < -0.3 is 20.2 Å². The molecule has 0 aliphatic carbocycles. The smallest absolute Gasteiger partial charge is 0.245 e. The summed E-state index contributed by atoms with van der Waals surface area (Å²) in [5, 5.41) is 7.34. The Morgan fingerprint density at radius 2 is 1.89 bits per heavy atom. The normalized spacial score (nSPS) is 18.8. The SMILES string of the molecule is CC(=O)N[C@H](C)CCC(=O)N1CCC[C@@H](C(=O)N[C@H](C=O)CC=O)N1C=O. The van der Waals surface area contributed by atoms with E-state index in [1.165, 1.54) is 11.9 Å². The molecule has 0 aromatic heterocycles. The average Bonchev–Trinajstić information content (AvgIpc) is 2.64. The van der Waals surface area contributed by atoms with Crippen molar-refractivity contribution in [1.29, 1.82) is 0 Å². The van der Waals surface area contributed by atoms with Crippen LogP contribution in [0.3, 0.4) is 0 Å². The van der Waals surface area contributed by atoms with Crippen LogP contribution < -0.4 is 10.6 Å². The van der Waals surface area contributed by atoms with Gasteiger partial charge in [0.25, 0.3) is 0 Å². The van der Waals surface area contributed by atoms with Gasteiger partial charge in [-0.15, -0.1) is 0 Å². The maximum atomic E-state index is 12.5. The van der Waals surface area contributed by atoms with E-state index in [0.29, 0.717) is 44.8 Å². The number of carbonyl (C=O) groups excluding carboxylic acids is 6. The predicted molar refractivity (Wildman–Crippen MR) is 93.8 cm³/mol. The molecule has 10 nitrogen and oxygen atoms in total. The molecule has 0 unspecified atom stereocenters. The van der Waals surface area contributed by atoms with Gasteiger partial charge in [0.2, 0.25) is 24.1 Å². The highest BCUT2D eigenvalue weighted by molar-refractivity contribution is 5.88. The molecule has 2 N–H and O–H groups in total. The second kappa shape index (κ2) is 11.0. The first-order valence-corrected chi connectivity index (χ1v) is 8.84. The van der Waals surface area contributed by atoms with Gasteiger partial charge in [0.15, 0.2) is 0 Å². The minimum atomic E-state index is -0.965. The molecule has 1 aliphatic rings. The summed E-state index contributed by atoms with van der Waals surface area (Å²) < 4.78 is 0. The van der Waals surface area contributed by atoms with E-state index in [4.69, 9.17) is 0 Å². The number of carbonyl (C=O) groups is 6. The van der Waals surface area contributed by atoms with Crippen molar-refractivity contribution in [3.05, 3.63) is 0 Å². The monoisotopic (exact) mass is 382 g/mol. The van der Waals surface area contributed by atoms with Crippen LogP contribution in [0.5, 0.6) is 0 Å². The summed E-state index contributed by atoms with van der Waals surface area (Å²) in [5.41, 5.74) is 0. The first-order valence-electron chi connectivity index (χ1n) is 8.84. The molecule has 0 aromatic rings. The molecule has 3 atom stereocenters. The zero-order valence-corrected chi connectivity index (χ0v) is 15.6. The van der Waals surface area contributed by atoms with Crippen molar-refractivity contribution < 1.29 is 28.8 Å². The summed E-state index contributed by atoms with van der Waals surface area (Å²) in [6.07, 6.45) is 2.56. The van der Waals surface area contributed by atoms with E-state index in [2.05, 4.69) is 10.6 Å². The molecule has 0 aromatic carbocycles. The van der Waals surface area contributed by atoms with Gasteiger partial charge in [-0.25, -0.2) is 5.01 Å². The number of hydrogen-bond acceptors (Lipinski definition) is 6. The largest absolute Gasteiger partial charge is 0.354 e. The number of amides is 4. The molecular formula is C17H26N4O6. The van der Waals surface area contributed by atoms with Crippen LogP contribution in [0.15, 0.2) is 0 Å². The van der Waals surface area contributed by atoms with Crippen LogP contribution in [0.1, 0.15) is 46.0 Å². The van der Waals surface area contributed by atoms with E-state index < -0.39 is 18.0 Å². The lowest BCUT2D eigenvalue weighted by molar-refractivity contribution is -0.170. The molecule has 0 spiro atoms. The van der Waals surface area contributed by atoms with Gasteiger partial charge >= 0.3 is 0 Å². The van der Waals surface area contributed by atoms with Crippen molar-refractivity contribution >= 4 is 36.7 Å². The number of rotatable bonds is 10.